The van der Waals surface area contributed by atoms with Gasteiger partial charge in [0.1, 0.15) is 12.2 Å². The maximum atomic E-state index is 11.8. The maximum absolute atomic E-state index is 11.8. The third-order valence-corrected chi connectivity index (χ3v) is 3.21. The summed E-state index contributed by atoms with van der Waals surface area (Å²) in [4.78, 5) is 3.91. The summed E-state index contributed by atoms with van der Waals surface area (Å²) in [6.45, 7) is 0. The molecule has 1 atom stereocenters. The third kappa shape index (κ3) is 6.52. The molecule has 0 spiro atoms. The second-order valence-electron chi connectivity index (χ2n) is 3.60. The number of nitrogens with zero attached hydrogens (tertiary/aromatic N) is 2. The number of nitrogens with two attached hydrogens (primary N) is 1. The zero-order valence-electron chi connectivity index (χ0n) is 9.20. The quantitative estimate of drug-likeness (QED) is 0.744. The van der Waals surface area contributed by atoms with Crippen LogP contribution in [0.2, 0.25) is 0 Å². The summed E-state index contributed by atoms with van der Waals surface area (Å²) in [6, 6.07) is -0.229. The van der Waals surface area contributed by atoms with E-state index in [1.807, 2.05) is 0 Å². The molecule has 0 aliphatic rings. The van der Waals surface area contributed by atoms with Crippen molar-refractivity contribution in [1.82, 2.24) is 15.2 Å². The summed E-state index contributed by atoms with van der Waals surface area (Å²) < 4.78 is 35.5. The minimum Gasteiger partial charge on any atom is -0.321 e. The highest BCUT2D eigenvalue weighted by atomic mass is 32.2. The van der Waals surface area contributed by atoms with Crippen LogP contribution in [0.3, 0.4) is 0 Å². The molecule has 4 nitrogen and oxygen atoms in total. The number of alkyl halides is 3. The number of aromatic amines is 1. The molecule has 3 N–H and O–H groups in total. The van der Waals surface area contributed by atoms with E-state index in [1.165, 1.54) is 18.1 Å². The summed E-state index contributed by atoms with van der Waals surface area (Å²) >= 11 is 1.48. The summed E-state index contributed by atoms with van der Waals surface area (Å²) in [5, 5.41) is 6.34. The molecule has 0 bridgehead atoms. The number of hydrogen-bond donors (Lipinski definition) is 2. The molecule has 98 valence electrons. The Labute approximate surface area is 102 Å². The van der Waals surface area contributed by atoms with Gasteiger partial charge in [-0.2, -0.15) is 30.0 Å². The van der Waals surface area contributed by atoms with Crippen LogP contribution in [0, 0.1) is 0 Å². The minimum atomic E-state index is -4.04. The zero-order chi connectivity index (χ0) is 12.7. The van der Waals surface area contributed by atoms with Crippen LogP contribution in [0.4, 0.5) is 13.2 Å². The molecule has 1 heterocycles. The molecule has 17 heavy (non-hydrogen) atoms. The SMILES string of the molecule is NC(CCSCCCC(F)(F)F)c1ncn[nH]1. The molecule has 0 fully saturated rings. The van der Waals surface area contributed by atoms with E-state index in [-0.39, 0.29) is 12.5 Å². The van der Waals surface area contributed by atoms with E-state index in [0.717, 1.165) is 5.75 Å². The lowest BCUT2D eigenvalue weighted by Crippen LogP contribution is -2.13. The fraction of sp³-hybridized carbons (Fsp3) is 0.778. The Morgan fingerprint density at radius 1 is 1.41 bits per heavy atom. The van der Waals surface area contributed by atoms with Crippen LogP contribution in [0.25, 0.3) is 0 Å². The van der Waals surface area contributed by atoms with Gasteiger partial charge >= 0.3 is 6.18 Å². The Balaban J connectivity index is 2.01. The van der Waals surface area contributed by atoms with Crippen molar-refractivity contribution in [2.75, 3.05) is 11.5 Å². The second kappa shape index (κ2) is 6.85. The van der Waals surface area contributed by atoms with Crippen molar-refractivity contribution in [2.24, 2.45) is 5.73 Å². The molecule has 1 aromatic rings. The maximum Gasteiger partial charge on any atom is 0.389 e. The smallest absolute Gasteiger partial charge is 0.321 e. The predicted octanol–water partition coefficient (Wildman–Crippen LogP) is 2.27. The van der Waals surface area contributed by atoms with Crippen molar-refractivity contribution in [3.63, 3.8) is 0 Å². The van der Waals surface area contributed by atoms with Gasteiger partial charge < -0.3 is 5.73 Å². The number of halogens is 3. The number of thioether (sulfide) groups is 1. The van der Waals surface area contributed by atoms with Crippen molar-refractivity contribution >= 4 is 11.8 Å². The lowest BCUT2D eigenvalue weighted by atomic mass is 10.2. The molecule has 0 saturated heterocycles. The topological polar surface area (TPSA) is 67.6 Å². The largest absolute Gasteiger partial charge is 0.389 e. The van der Waals surface area contributed by atoms with Crippen LogP contribution in [0.1, 0.15) is 31.1 Å². The van der Waals surface area contributed by atoms with E-state index in [2.05, 4.69) is 15.2 Å². The van der Waals surface area contributed by atoms with Gasteiger partial charge in [-0.25, -0.2) is 4.98 Å². The number of hydrogen-bond acceptors (Lipinski definition) is 4. The van der Waals surface area contributed by atoms with E-state index in [1.54, 1.807) is 0 Å². The number of H-pyrrole nitrogens is 1. The molecule has 0 amide bonds. The molecule has 0 aromatic carbocycles. The molecule has 8 heteroatoms. The number of rotatable bonds is 7. The first-order valence-electron chi connectivity index (χ1n) is 5.24. The van der Waals surface area contributed by atoms with Gasteiger partial charge in [-0.3, -0.25) is 5.10 Å². The Kier molecular flexibility index (Phi) is 5.76. The Morgan fingerprint density at radius 3 is 2.76 bits per heavy atom. The Hall–Kier alpha value is -0.760. The van der Waals surface area contributed by atoms with Gasteiger partial charge in [0.2, 0.25) is 0 Å². The summed E-state index contributed by atoms with van der Waals surface area (Å²) in [5.41, 5.74) is 5.80. The van der Waals surface area contributed by atoms with Crippen LogP contribution >= 0.6 is 11.8 Å². The van der Waals surface area contributed by atoms with E-state index in [0.29, 0.717) is 18.0 Å². The highest BCUT2D eigenvalue weighted by molar-refractivity contribution is 7.99. The molecule has 1 unspecified atom stereocenters. The predicted molar refractivity (Wildman–Crippen MR) is 60.5 cm³/mol. The van der Waals surface area contributed by atoms with E-state index in [4.69, 9.17) is 5.73 Å². The van der Waals surface area contributed by atoms with E-state index >= 15 is 0 Å². The molecule has 0 aliphatic carbocycles. The first-order chi connectivity index (χ1) is 7.99. The van der Waals surface area contributed by atoms with Gasteiger partial charge in [0.15, 0.2) is 0 Å². The van der Waals surface area contributed by atoms with Crippen molar-refractivity contribution in [3.8, 4) is 0 Å². The average molecular weight is 268 g/mol. The fourth-order valence-corrected chi connectivity index (χ4v) is 2.19. The van der Waals surface area contributed by atoms with Crippen LogP contribution in [0.5, 0.6) is 0 Å². The van der Waals surface area contributed by atoms with E-state index < -0.39 is 12.6 Å². The second-order valence-corrected chi connectivity index (χ2v) is 4.82. The van der Waals surface area contributed by atoms with Crippen LogP contribution in [-0.4, -0.2) is 32.9 Å². The lowest BCUT2D eigenvalue weighted by Gasteiger charge is -2.08. The molecule has 1 rings (SSSR count). The number of nitrogens with one attached hydrogen (secondary N) is 1. The zero-order valence-corrected chi connectivity index (χ0v) is 10.0. The van der Waals surface area contributed by atoms with Crippen molar-refractivity contribution in [1.29, 1.82) is 0 Å². The van der Waals surface area contributed by atoms with Gasteiger partial charge in [-0.05, 0) is 24.3 Å². The van der Waals surface area contributed by atoms with Crippen LogP contribution in [-0.2, 0) is 0 Å². The highest BCUT2D eigenvalue weighted by Crippen LogP contribution is 2.23. The van der Waals surface area contributed by atoms with Crippen LogP contribution < -0.4 is 5.73 Å². The normalized spacial score (nSPS) is 13.9. The average Bonchev–Trinajstić information content (AvgIpc) is 2.74. The highest BCUT2D eigenvalue weighted by Gasteiger charge is 2.25. The molecule has 0 saturated carbocycles. The van der Waals surface area contributed by atoms with Gasteiger partial charge in [-0.15, -0.1) is 0 Å². The molecule has 0 aliphatic heterocycles. The lowest BCUT2D eigenvalue weighted by molar-refractivity contribution is -0.134. The molecular formula is C9H15F3N4S. The Morgan fingerprint density at radius 2 is 2.18 bits per heavy atom. The Bertz CT molecular complexity index is 302. The monoisotopic (exact) mass is 268 g/mol. The first-order valence-corrected chi connectivity index (χ1v) is 6.40. The third-order valence-electron chi connectivity index (χ3n) is 2.11. The van der Waals surface area contributed by atoms with Crippen LogP contribution in [0.15, 0.2) is 6.33 Å². The van der Waals surface area contributed by atoms with Crippen molar-refractivity contribution in [2.45, 2.75) is 31.5 Å². The van der Waals surface area contributed by atoms with Gasteiger partial charge in [0.05, 0.1) is 6.04 Å². The van der Waals surface area contributed by atoms with Gasteiger partial charge in [0.25, 0.3) is 0 Å². The molecule has 0 radical (unpaired) electrons. The van der Waals surface area contributed by atoms with E-state index in [9.17, 15) is 13.2 Å². The standard InChI is InChI=1S/C9H15F3N4S/c10-9(11,12)3-1-4-17-5-2-7(13)8-14-6-15-16-8/h6-7H,1-5,13H2,(H,14,15,16). The molecule has 1 aromatic heterocycles. The van der Waals surface area contributed by atoms with Gasteiger partial charge in [-0.1, -0.05) is 0 Å². The first kappa shape index (κ1) is 14.3. The number of aromatic nitrogens is 3. The fourth-order valence-electron chi connectivity index (χ4n) is 1.22. The summed E-state index contributed by atoms with van der Waals surface area (Å²) in [5.74, 6) is 1.84. The summed E-state index contributed by atoms with van der Waals surface area (Å²) in [6.07, 6.45) is -2.55. The van der Waals surface area contributed by atoms with Gasteiger partial charge in [0, 0.05) is 6.42 Å². The van der Waals surface area contributed by atoms with Crippen molar-refractivity contribution in [3.05, 3.63) is 12.2 Å². The summed E-state index contributed by atoms with van der Waals surface area (Å²) in [7, 11) is 0. The minimum absolute atomic E-state index is 0.158. The van der Waals surface area contributed by atoms with Crippen molar-refractivity contribution < 1.29 is 13.2 Å². The molecular weight excluding hydrogens is 253 g/mol.